The maximum atomic E-state index is 13.7. The van der Waals surface area contributed by atoms with Crippen molar-refractivity contribution in [2.75, 3.05) is 13.7 Å². The van der Waals surface area contributed by atoms with Crippen molar-refractivity contribution in [2.45, 2.75) is 50.7 Å². The fourth-order valence-electron chi connectivity index (χ4n) is 4.66. The van der Waals surface area contributed by atoms with Crippen LogP contribution in [0.4, 0.5) is 0 Å². The summed E-state index contributed by atoms with van der Waals surface area (Å²) in [6, 6.07) is 26.3. The lowest BCUT2D eigenvalue weighted by molar-refractivity contribution is -0.143. The first-order valence-electron chi connectivity index (χ1n) is 12.6. The molecule has 3 aromatic rings. The van der Waals surface area contributed by atoms with Crippen LogP contribution in [0.3, 0.4) is 0 Å². The maximum absolute atomic E-state index is 13.7. The van der Waals surface area contributed by atoms with Gasteiger partial charge in [0.05, 0.1) is 7.11 Å². The third kappa shape index (κ3) is 6.87. The molecule has 1 fully saturated rings. The molecule has 1 saturated carbocycles. The quantitative estimate of drug-likeness (QED) is 0.424. The Balaban J connectivity index is 1.60. The zero-order chi connectivity index (χ0) is 25.2. The smallest absolute Gasteiger partial charge is 0.261 e. The summed E-state index contributed by atoms with van der Waals surface area (Å²) in [5.41, 5.74) is 1.95. The Morgan fingerprint density at radius 1 is 0.861 bits per heavy atom. The number of rotatable bonds is 11. The average Bonchev–Trinajstić information content (AvgIpc) is 3.43. The summed E-state index contributed by atoms with van der Waals surface area (Å²) in [5, 5.41) is 3.22. The molecule has 0 bridgehead atoms. The van der Waals surface area contributed by atoms with Gasteiger partial charge in [0.15, 0.2) is 18.1 Å². The second-order valence-electron chi connectivity index (χ2n) is 9.14. The van der Waals surface area contributed by atoms with Gasteiger partial charge in [-0.25, -0.2) is 0 Å². The highest BCUT2D eigenvalue weighted by Gasteiger charge is 2.32. The Hall–Kier alpha value is -3.80. The van der Waals surface area contributed by atoms with Crippen molar-refractivity contribution in [3.05, 3.63) is 96.1 Å². The summed E-state index contributed by atoms with van der Waals surface area (Å²) in [5.74, 6) is 0.669. The van der Waals surface area contributed by atoms with E-state index in [-0.39, 0.29) is 24.5 Å². The number of hydrogen-bond acceptors (Lipinski definition) is 4. The van der Waals surface area contributed by atoms with E-state index < -0.39 is 6.04 Å². The van der Waals surface area contributed by atoms with Crippen LogP contribution in [-0.2, 0) is 22.6 Å². The van der Waals surface area contributed by atoms with Gasteiger partial charge >= 0.3 is 0 Å². The number of benzene rings is 3. The molecular weight excluding hydrogens is 452 g/mol. The van der Waals surface area contributed by atoms with Crippen LogP contribution in [0, 0.1) is 0 Å². The Morgan fingerprint density at radius 3 is 2.08 bits per heavy atom. The Bertz CT molecular complexity index is 1110. The third-order valence-electron chi connectivity index (χ3n) is 6.59. The fraction of sp³-hybridized carbons (Fsp3) is 0.333. The molecule has 36 heavy (non-hydrogen) atoms. The number of ether oxygens (including phenoxy) is 2. The van der Waals surface area contributed by atoms with E-state index in [4.69, 9.17) is 9.47 Å². The molecule has 188 valence electrons. The van der Waals surface area contributed by atoms with Gasteiger partial charge in [-0.15, -0.1) is 0 Å². The number of carbonyl (C=O) groups excluding carboxylic acids is 2. The lowest BCUT2D eigenvalue weighted by Gasteiger charge is -2.32. The minimum atomic E-state index is -0.665. The SMILES string of the molecule is COc1ccccc1OCC(=O)N(Cc1ccccc1)[C@H](Cc1ccccc1)C(=O)NC1CCCC1. The molecule has 0 saturated heterocycles. The zero-order valence-corrected chi connectivity index (χ0v) is 20.8. The predicted molar refractivity (Wildman–Crippen MR) is 140 cm³/mol. The van der Waals surface area contributed by atoms with Crippen LogP contribution >= 0.6 is 0 Å². The van der Waals surface area contributed by atoms with Crippen molar-refractivity contribution in [1.82, 2.24) is 10.2 Å². The van der Waals surface area contributed by atoms with Crippen LogP contribution in [0.1, 0.15) is 36.8 Å². The van der Waals surface area contributed by atoms with Crippen LogP contribution in [-0.4, -0.2) is 42.5 Å². The van der Waals surface area contributed by atoms with E-state index in [1.54, 1.807) is 24.1 Å². The molecule has 6 heteroatoms. The van der Waals surface area contributed by atoms with Crippen LogP contribution in [0.15, 0.2) is 84.9 Å². The van der Waals surface area contributed by atoms with Gasteiger partial charge in [-0.1, -0.05) is 85.6 Å². The third-order valence-corrected chi connectivity index (χ3v) is 6.59. The molecule has 0 unspecified atom stereocenters. The van der Waals surface area contributed by atoms with Crippen molar-refractivity contribution in [2.24, 2.45) is 0 Å². The van der Waals surface area contributed by atoms with Gasteiger partial charge in [-0.05, 0) is 36.1 Å². The number of carbonyl (C=O) groups is 2. The molecule has 1 aliphatic rings. The molecule has 1 N–H and O–H groups in total. The molecule has 4 rings (SSSR count). The molecule has 0 heterocycles. The minimum Gasteiger partial charge on any atom is -0.493 e. The van der Waals surface area contributed by atoms with E-state index in [2.05, 4.69) is 5.32 Å². The molecule has 0 spiro atoms. The van der Waals surface area contributed by atoms with Gasteiger partial charge in [-0.2, -0.15) is 0 Å². The fourth-order valence-corrected chi connectivity index (χ4v) is 4.66. The number of nitrogens with one attached hydrogen (secondary N) is 1. The van der Waals surface area contributed by atoms with Crippen molar-refractivity contribution in [3.8, 4) is 11.5 Å². The van der Waals surface area contributed by atoms with Gasteiger partial charge in [-0.3, -0.25) is 9.59 Å². The summed E-state index contributed by atoms with van der Waals surface area (Å²) in [4.78, 5) is 29.0. The summed E-state index contributed by atoms with van der Waals surface area (Å²) in [7, 11) is 1.56. The van der Waals surface area contributed by atoms with Crippen molar-refractivity contribution in [1.29, 1.82) is 0 Å². The number of para-hydroxylation sites is 2. The number of hydrogen-bond donors (Lipinski definition) is 1. The highest BCUT2D eigenvalue weighted by molar-refractivity contribution is 5.88. The van der Waals surface area contributed by atoms with E-state index in [1.807, 2.05) is 72.8 Å². The van der Waals surface area contributed by atoms with Crippen molar-refractivity contribution < 1.29 is 19.1 Å². The van der Waals surface area contributed by atoms with Gasteiger partial charge < -0.3 is 19.7 Å². The van der Waals surface area contributed by atoms with E-state index >= 15 is 0 Å². The number of methoxy groups -OCH3 is 1. The van der Waals surface area contributed by atoms with Crippen molar-refractivity contribution >= 4 is 11.8 Å². The molecule has 1 atom stereocenters. The average molecular weight is 487 g/mol. The van der Waals surface area contributed by atoms with E-state index in [0.717, 1.165) is 36.8 Å². The molecule has 6 nitrogen and oxygen atoms in total. The highest BCUT2D eigenvalue weighted by atomic mass is 16.5. The Labute approximate surface area is 213 Å². The maximum Gasteiger partial charge on any atom is 0.261 e. The van der Waals surface area contributed by atoms with Gasteiger partial charge in [0.1, 0.15) is 6.04 Å². The van der Waals surface area contributed by atoms with Crippen LogP contribution in [0.5, 0.6) is 11.5 Å². The van der Waals surface area contributed by atoms with Crippen LogP contribution < -0.4 is 14.8 Å². The number of nitrogens with zero attached hydrogens (tertiary/aromatic N) is 1. The van der Waals surface area contributed by atoms with E-state index in [9.17, 15) is 9.59 Å². The second-order valence-corrected chi connectivity index (χ2v) is 9.14. The molecule has 0 aromatic heterocycles. The molecule has 0 aliphatic heterocycles. The summed E-state index contributed by atoms with van der Waals surface area (Å²) < 4.78 is 11.2. The standard InChI is InChI=1S/C30H34N2O4/c1-35-27-18-10-11-19-28(27)36-22-29(33)32(21-24-14-6-3-7-15-24)26(20-23-12-4-2-5-13-23)30(34)31-25-16-8-9-17-25/h2-7,10-15,18-19,25-26H,8-9,16-17,20-22H2,1H3,(H,31,34)/t26-/m1/s1. The van der Waals surface area contributed by atoms with Crippen LogP contribution in [0.25, 0.3) is 0 Å². The predicted octanol–water partition coefficient (Wildman–Crippen LogP) is 4.77. The Kier molecular flexibility index (Phi) is 8.98. The first kappa shape index (κ1) is 25.3. The minimum absolute atomic E-state index is 0.118. The highest BCUT2D eigenvalue weighted by Crippen LogP contribution is 2.26. The van der Waals surface area contributed by atoms with E-state index in [1.165, 1.54) is 0 Å². The molecular formula is C30H34N2O4. The van der Waals surface area contributed by atoms with Crippen LogP contribution in [0.2, 0.25) is 0 Å². The van der Waals surface area contributed by atoms with Gasteiger partial charge in [0, 0.05) is 19.0 Å². The monoisotopic (exact) mass is 486 g/mol. The summed E-state index contributed by atoms with van der Waals surface area (Å²) in [6.07, 6.45) is 4.62. The van der Waals surface area contributed by atoms with E-state index in [0.29, 0.717) is 24.5 Å². The number of amides is 2. The summed E-state index contributed by atoms with van der Waals surface area (Å²) >= 11 is 0. The second kappa shape index (κ2) is 12.8. The topological polar surface area (TPSA) is 67.9 Å². The van der Waals surface area contributed by atoms with Gasteiger partial charge in [0.25, 0.3) is 5.91 Å². The molecule has 1 aliphatic carbocycles. The first-order chi connectivity index (χ1) is 17.6. The molecule has 0 radical (unpaired) electrons. The molecule has 3 aromatic carbocycles. The largest absolute Gasteiger partial charge is 0.493 e. The lowest BCUT2D eigenvalue weighted by atomic mass is 10.0. The summed E-state index contributed by atoms with van der Waals surface area (Å²) in [6.45, 7) is 0.111. The molecule has 2 amide bonds. The first-order valence-corrected chi connectivity index (χ1v) is 12.6. The lowest BCUT2D eigenvalue weighted by Crippen LogP contribution is -2.53. The van der Waals surface area contributed by atoms with Gasteiger partial charge in [0.2, 0.25) is 5.91 Å². The Morgan fingerprint density at radius 2 is 1.44 bits per heavy atom. The zero-order valence-electron chi connectivity index (χ0n) is 20.8. The van der Waals surface area contributed by atoms with Crippen molar-refractivity contribution in [3.63, 3.8) is 0 Å². The normalized spacial score (nSPS) is 14.1.